The Kier molecular flexibility index (Phi) is 23.0. The molecule has 0 bridgehead atoms. The van der Waals surface area contributed by atoms with Gasteiger partial charge >= 0.3 is 5.97 Å². The molecule has 4 aromatic rings. The fourth-order valence-corrected chi connectivity index (χ4v) is 7.99. The topological polar surface area (TPSA) is 343 Å². The van der Waals surface area contributed by atoms with Gasteiger partial charge in [0.05, 0.1) is 69.8 Å². The lowest BCUT2D eigenvalue weighted by Crippen LogP contribution is -3.00. The third-order valence-corrected chi connectivity index (χ3v) is 12.0. The number of aliphatic hydroxyl groups is 1. The molecule has 5 heterocycles. The van der Waals surface area contributed by atoms with Crippen molar-refractivity contribution < 1.29 is 56.3 Å². The normalized spacial score (nSPS) is 15.6. The molecule has 0 saturated carbocycles. The van der Waals surface area contributed by atoms with Gasteiger partial charge in [0.25, 0.3) is 0 Å². The average molecular weight is 1030 g/mol. The van der Waals surface area contributed by atoms with Crippen LogP contribution in [0.2, 0.25) is 0 Å². The van der Waals surface area contributed by atoms with E-state index in [2.05, 4.69) is 31.9 Å². The van der Waals surface area contributed by atoms with Gasteiger partial charge in [0.15, 0.2) is 0 Å². The number of piperazine rings is 2. The van der Waals surface area contributed by atoms with Crippen molar-refractivity contribution in [3.8, 4) is 18.1 Å². The predicted octanol–water partition coefficient (Wildman–Crippen LogP) is -4.13. The predicted molar refractivity (Wildman–Crippen MR) is 258 cm³/mol. The van der Waals surface area contributed by atoms with Crippen molar-refractivity contribution in [3.05, 3.63) is 53.6 Å². The summed E-state index contributed by atoms with van der Waals surface area (Å²) >= 11 is 0. The molecule has 394 valence electrons. The zero-order chi connectivity index (χ0) is 50.5. The first-order valence-electron chi connectivity index (χ1n) is 23.9. The fraction of sp³-hybridized carbons (Fsp3) is 0.600. The smallest absolute Gasteiger partial charge is 0.303 e. The van der Waals surface area contributed by atoms with Crippen molar-refractivity contribution in [2.24, 2.45) is 17.2 Å². The zero-order valence-corrected chi connectivity index (χ0v) is 41.1. The van der Waals surface area contributed by atoms with Gasteiger partial charge < -0.3 is 84.1 Å². The Hall–Kier alpha value is -6.31. The van der Waals surface area contributed by atoms with Gasteiger partial charge in [-0.25, -0.2) is 9.36 Å². The summed E-state index contributed by atoms with van der Waals surface area (Å²) in [5.41, 5.74) is 19.9. The number of nitrogens with two attached hydrogens (primary N) is 3. The van der Waals surface area contributed by atoms with Crippen LogP contribution in [0.1, 0.15) is 73.2 Å². The number of aromatic hydroxyl groups is 1. The van der Waals surface area contributed by atoms with Crippen LogP contribution in [0.3, 0.4) is 0 Å². The Morgan fingerprint density at radius 1 is 0.736 bits per heavy atom. The number of ether oxygens (including phenoxy) is 3. The number of anilines is 3. The molecule has 0 radical (unpaired) electrons. The molecular weight excluding hydrogens is 958 g/mol. The van der Waals surface area contributed by atoms with Gasteiger partial charge in [0.1, 0.15) is 30.1 Å². The number of aliphatic carboxylic acids is 1. The minimum absolute atomic E-state index is 0. The van der Waals surface area contributed by atoms with E-state index in [1.807, 2.05) is 9.80 Å². The molecule has 4 atom stereocenters. The summed E-state index contributed by atoms with van der Waals surface area (Å²) in [4.78, 5) is 61.9. The van der Waals surface area contributed by atoms with Crippen LogP contribution in [0.5, 0.6) is 5.75 Å². The van der Waals surface area contributed by atoms with Gasteiger partial charge in [-0.05, 0) is 56.3 Å². The molecule has 2 fully saturated rings. The molecule has 10 N–H and O–H groups in total. The number of aromatic nitrogens is 9. The third kappa shape index (κ3) is 16.6. The number of terminal acetylenes is 1. The summed E-state index contributed by atoms with van der Waals surface area (Å²) in [6.07, 6.45) is 10.5. The van der Waals surface area contributed by atoms with Crippen molar-refractivity contribution in [2.75, 3.05) is 127 Å². The second-order valence-electron chi connectivity index (χ2n) is 17.1. The van der Waals surface area contributed by atoms with Gasteiger partial charge in [-0.1, -0.05) is 28.5 Å². The lowest BCUT2D eigenvalue weighted by molar-refractivity contribution is -0.139. The van der Waals surface area contributed by atoms with Gasteiger partial charge in [-0.3, -0.25) is 14.4 Å². The van der Waals surface area contributed by atoms with Crippen molar-refractivity contribution in [1.82, 2.24) is 54.7 Å². The maximum Gasteiger partial charge on any atom is 0.303 e. The lowest BCUT2D eigenvalue weighted by atomic mass is 10.0. The minimum Gasteiger partial charge on any atom is -1.00 e. The van der Waals surface area contributed by atoms with E-state index in [-0.39, 0.29) is 69.1 Å². The second-order valence-corrected chi connectivity index (χ2v) is 17.1. The number of aliphatic hydroxyl groups excluding tert-OH is 1. The Labute approximate surface area is 423 Å². The van der Waals surface area contributed by atoms with Crippen LogP contribution in [0, 0.1) is 12.3 Å². The van der Waals surface area contributed by atoms with E-state index < -0.39 is 30.1 Å². The van der Waals surface area contributed by atoms with Crippen molar-refractivity contribution in [2.45, 2.75) is 62.7 Å². The van der Waals surface area contributed by atoms with E-state index in [1.54, 1.807) is 46.5 Å². The van der Waals surface area contributed by atoms with Crippen LogP contribution in [0.15, 0.2) is 36.7 Å². The molecule has 0 spiro atoms. The number of carboxylic acids is 1. The highest BCUT2D eigenvalue weighted by molar-refractivity contribution is 5.81. The summed E-state index contributed by atoms with van der Waals surface area (Å²) in [6.45, 7) is 5.54. The van der Waals surface area contributed by atoms with Crippen molar-refractivity contribution >= 4 is 35.6 Å². The fourth-order valence-electron chi connectivity index (χ4n) is 7.99. The number of halogens is 1. The van der Waals surface area contributed by atoms with Gasteiger partial charge in [0.2, 0.25) is 29.7 Å². The number of carboxylic acid groups (broad SMARTS) is 1. The van der Waals surface area contributed by atoms with Crippen LogP contribution in [-0.4, -0.2) is 200 Å². The molecule has 6 rings (SSSR count). The van der Waals surface area contributed by atoms with E-state index in [0.29, 0.717) is 134 Å². The third-order valence-electron chi connectivity index (χ3n) is 12.0. The van der Waals surface area contributed by atoms with E-state index in [1.165, 1.54) is 9.36 Å². The Bertz CT molecular complexity index is 2320. The minimum atomic E-state index is -1.05. The van der Waals surface area contributed by atoms with Crippen molar-refractivity contribution in [3.63, 3.8) is 0 Å². The number of unbranched alkanes of at least 4 members (excludes halogenated alkanes) is 1. The van der Waals surface area contributed by atoms with Gasteiger partial charge in [0, 0.05) is 65.3 Å². The number of carbonyl (C=O) groups is 3. The van der Waals surface area contributed by atoms with Crippen molar-refractivity contribution in [1.29, 1.82) is 0 Å². The largest absolute Gasteiger partial charge is 1.00 e. The number of benzene rings is 1. The van der Waals surface area contributed by atoms with E-state index in [4.69, 9.17) is 52.8 Å². The Morgan fingerprint density at radius 3 is 1.79 bits per heavy atom. The zero-order valence-electron chi connectivity index (χ0n) is 40.3. The van der Waals surface area contributed by atoms with Gasteiger partial charge in [-0.15, -0.1) is 16.6 Å². The SMILES string of the molecule is C#CCOCCOCCOCCNc1nc(N2CCN(C(=O)C(CCCCN)n3cc(C(N)CO)nn3)CC2)nc(N2CCN(C(=O)C(CCC(=O)O)n3cc(C(N)Cc4ccc(O)cc4)nn3)CC2)n1.[Cl-]. The van der Waals surface area contributed by atoms with Crippen LogP contribution >= 0.6 is 0 Å². The van der Waals surface area contributed by atoms with Crippen LogP contribution in [0.25, 0.3) is 0 Å². The number of carbonyl (C=O) groups excluding carboxylic acids is 2. The molecule has 2 aliphatic rings. The number of amides is 2. The summed E-state index contributed by atoms with van der Waals surface area (Å²) in [6, 6.07) is 3.81. The first-order valence-corrected chi connectivity index (χ1v) is 23.9. The standard InChI is InChI=1S/C45H67N17O9.ClH/c1-2-22-69-24-26-71-27-25-70-23-13-49-43-50-44(59-18-14-57(15-19-59)41(67)38(5-3-4-12-46)61-30-37(54-56-61)35(48)31-63)52-45(51-43)60-20-16-58(17-21-60)42(68)39(10-11-40(65)66)62-29-36(53-55-62)34(47)28-32-6-8-33(64)9-7-32;/h1,6-9,29-30,34-35,38-39,63-64H,3-5,10-28,31,46-48H2,(H,65,66)(H,49,50,51,52);1H/p-1. The first kappa shape index (κ1) is 56.6. The van der Waals surface area contributed by atoms with Crippen LogP contribution in [0.4, 0.5) is 17.8 Å². The van der Waals surface area contributed by atoms with Crippen LogP contribution in [-0.2, 0) is 35.0 Å². The molecule has 2 amide bonds. The number of nitrogens with one attached hydrogen (secondary N) is 1. The molecule has 2 aliphatic heterocycles. The quantitative estimate of drug-likeness (QED) is 0.0201. The molecule has 3 aromatic heterocycles. The number of phenols is 1. The molecule has 1 aromatic carbocycles. The summed E-state index contributed by atoms with van der Waals surface area (Å²) in [7, 11) is 0. The molecule has 27 heteroatoms. The van der Waals surface area contributed by atoms with E-state index in [9.17, 15) is 29.7 Å². The maximum absolute atomic E-state index is 14.2. The summed E-state index contributed by atoms with van der Waals surface area (Å²) in [5.74, 6) is 2.18. The van der Waals surface area contributed by atoms with E-state index >= 15 is 0 Å². The number of hydrogen-bond donors (Lipinski definition) is 7. The van der Waals surface area contributed by atoms with E-state index in [0.717, 1.165) is 12.0 Å². The molecular formula is C45H67ClN17O9-. The van der Waals surface area contributed by atoms with Gasteiger partial charge in [-0.2, -0.15) is 15.0 Å². The highest BCUT2D eigenvalue weighted by Crippen LogP contribution is 2.25. The molecule has 2 saturated heterocycles. The number of phenolic OH excluding ortho intramolecular Hbond substituents is 1. The maximum atomic E-state index is 14.2. The monoisotopic (exact) mass is 1020 g/mol. The van der Waals surface area contributed by atoms with Crippen LogP contribution < -0.4 is 44.7 Å². The summed E-state index contributed by atoms with van der Waals surface area (Å²) in [5, 5.41) is 48.8. The molecule has 0 aliphatic carbocycles. The highest BCUT2D eigenvalue weighted by atomic mass is 35.5. The lowest BCUT2D eigenvalue weighted by Gasteiger charge is -2.38. The first-order chi connectivity index (χ1) is 34.5. The Balaban J connectivity index is 0.00000963. The number of nitrogens with zero attached hydrogens (tertiary/aromatic N) is 13. The Morgan fingerprint density at radius 2 is 1.26 bits per heavy atom. The summed E-state index contributed by atoms with van der Waals surface area (Å²) < 4.78 is 19.4. The second kappa shape index (κ2) is 29.3. The average Bonchev–Trinajstić information content (AvgIpc) is 4.09. The number of rotatable bonds is 29. The molecule has 72 heavy (non-hydrogen) atoms. The number of hydrogen-bond acceptors (Lipinski definition) is 21. The highest BCUT2D eigenvalue weighted by Gasteiger charge is 2.34. The molecule has 26 nitrogen and oxygen atoms in total. The molecule has 4 unspecified atom stereocenters.